The lowest BCUT2D eigenvalue weighted by atomic mass is 9.76. The topological polar surface area (TPSA) is 55.4 Å². The molecule has 0 aromatic heterocycles. The molecule has 1 aromatic rings. The van der Waals surface area contributed by atoms with Gasteiger partial charge >= 0.3 is 12.1 Å². The Bertz CT molecular complexity index is 977. The van der Waals surface area contributed by atoms with Crippen molar-refractivity contribution in [1.82, 2.24) is 0 Å². The number of ether oxygens (including phenoxy) is 1. The highest BCUT2D eigenvalue weighted by Gasteiger charge is 2.47. The predicted octanol–water partition coefficient (Wildman–Crippen LogP) is 7.53. The molecule has 0 aliphatic heterocycles. The third-order valence-electron chi connectivity index (χ3n) is 5.97. The fraction of sp³-hybridized carbons (Fsp3) is 0.556. The Kier molecular flexibility index (Phi) is 9.63. The minimum Gasteiger partial charge on any atom is -0.460 e. The third-order valence-corrected chi connectivity index (χ3v) is 6.30. The highest BCUT2D eigenvalue weighted by Crippen LogP contribution is 2.40. The minimum absolute atomic E-state index is 0.122. The maximum atomic E-state index is 13.7. The Morgan fingerprint density at radius 3 is 2.34 bits per heavy atom. The summed E-state index contributed by atoms with van der Waals surface area (Å²) < 4.78 is 46.4. The largest absolute Gasteiger partial charge is 0.460 e. The second-order valence-corrected chi connectivity index (χ2v) is 10.8. The lowest BCUT2D eigenvalue weighted by Crippen LogP contribution is -2.40. The number of hydrogen-bond donors (Lipinski definition) is 1. The molecule has 8 heteroatoms. The summed E-state index contributed by atoms with van der Waals surface area (Å²) in [7, 11) is 0. The van der Waals surface area contributed by atoms with Crippen molar-refractivity contribution >= 4 is 29.2 Å². The van der Waals surface area contributed by atoms with E-state index in [0.29, 0.717) is 18.4 Å². The number of anilines is 1. The first kappa shape index (κ1) is 29.0. The van der Waals surface area contributed by atoms with Crippen molar-refractivity contribution < 1.29 is 27.5 Å². The molecule has 0 radical (unpaired) electrons. The van der Waals surface area contributed by atoms with Crippen LogP contribution >= 0.6 is 11.6 Å². The number of rotatable bonds is 8. The second kappa shape index (κ2) is 11.6. The van der Waals surface area contributed by atoms with Gasteiger partial charge in [0.1, 0.15) is 5.60 Å². The van der Waals surface area contributed by atoms with Crippen LogP contribution in [0.15, 0.2) is 42.0 Å². The van der Waals surface area contributed by atoms with Crippen molar-refractivity contribution in [1.29, 1.82) is 0 Å². The Labute approximate surface area is 210 Å². The summed E-state index contributed by atoms with van der Waals surface area (Å²) >= 11 is 6.25. The van der Waals surface area contributed by atoms with Gasteiger partial charge in [0, 0.05) is 6.42 Å². The van der Waals surface area contributed by atoms with E-state index in [1.54, 1.807) is 45.0 Å². The van der Waals surface area contributed by atoms with Gasteiger partial charge in [-0.25, -0.2) is 0 Å². The van der Waals surface area contributed by atoms with Gasteiger partial charge in [-0.15, -0.1) is 0 Å². The molecule has 0 spiro atoms. The number of halogens is 4. The van der Waals surface area contributed by atoms with Gasteiger partial charge in [-0.3, -0.25) is 9.59 Å². The average Bonchev–Trinajstić information content (AvgIpc) is 2.73. The Hall–Kier alpha value is -2.28. The van der Waals surface area contributed by atoms with Crippen LogP contribution in [0, 0.1) is 23.7 Å². The molecule has 194 valence electrons. The van der Waals surface area contributed by atoms with Crippen molar-refractivity contribution in [2.75, 3.05) is 5.32 Å². The predicted molar refractivity (Wildman–Crippen MR) is 133 cm³/mol. The highest BCUT2D eigenvalue weighted by molar-refractivity contribution is 6.33. The van der Waals surface area contributed by atoms with E-state index in [1.807, 2.05) is 26.0 Å². The number of esters is 1. The van der Waals surface area contributed by atoms with Gasteiger partial charge in [-0.05, 0) is 68.7 Å². The zero-order valence-corrected chi connectivity index (χ0v) is 21.9. The molecule has 3 atom stereocenters. The molecule has 0 bridgehead atoms. The lowest BCUT2D eigenvalue weighted by molar-refractivity contribution is -0.188. The van der Waals surface area contributed by atoms with E-state index in [0.717, 1.165) is 12.5 Å². The van der Waals surface area contributed by atoms with Crippen molar-refractivity contribution in [3.05, 3.63) is 52.6 Å². The van der Waals surface area contributed by atoms with Crippen LogP contribution in [0.4, 0.5) is 18.9 Å². The number of benzene rings is 1. The first-order valence-electron chi connectivity index (χ1n) is 11.8. The van der Waals surface area contributed by atoms with Crippen LogP contribution in [-0.4, -0.2) is 23.7 Å². The van der Waals surface area contributed by atoms with Crippen molar-refractivity contribution in [2.45, 2.75) is 72.6 Å². The highest BCUT2D eigenvalue weighted by atomic mass is 35.5. The molecule has 1 unspecified atom stereocenters. The fourth-order valence-corrected chi connectivity index (χ4v) is 4.19. The molecule has 0 fully saturated rings. The van der Waals surface area contributed by atoms with E-state index in [-0.39, 0.29) is 29.0 Å². The summed E-state index contributed by atoms with van der Waals surface area (Å²) in [5.41, 5.74) is 1.37. The normalized spacial score (nSPS) is 18.1. The molecular formula is C27H35ClF3NO3. The van der Waals surface area contributed by atoms with Crippen LogP contribution in [0.1, 0.15) is 59.9 Å². The zero-order valence-electron chi connectivity index (χ0n) is 21.1. The number of alkyl halides is 3. The van der Waals surface area contributed by atoms with E-state index >= 15 is 0 Å². The number of carbonyl (C=O) groups is 2. The molecule has 1 aliphatic rings. The molecule has 1 amide bonds. The summed E-state index contributed by atoms with van der Waals surface area (Å²) in [5, 5.41) is 2.83. The van der Waals surface area contributed by atoms with Crippen molar-refractivity contribution in [2.24, 2.45) is 23.7 Å². The number of allylic oxidation sites excluding steroid dienone is 4. The maximum Gasteiger partial charge on any atom is 0.392 e. The van der Waals surface area contributed by atoms with Crippen LogP contribution in [-0.2, 0) is 20.7 Å². The fourth-order valence-electron chi connectivity index (χ4n) is 4.02. The monoisotopic (exact) mass is 513 g/mol. The van der Waals surface area contributed by atoms with Crippen LogP contribution in [0.5, 0.6) is 0 Å². The van der Waals surface area contributed by atoms with Gasteiger partial charge in [0.05, 0.1) is 22.5 Å². The molecule has 35 heavy (non-hydrogen) atoms. The number of nitrogens with one attached hydrogen (secondary N) is 1. The van der Waals surface area contributed by atoms with Gasteiger partial charge in [0.2, 0.25) is 5.91 Å². The standard InChI is InChI=1S/C27H35ClF3NO3/c1-16(2)19-9-11-20(12-10-19)24(17(3)27(29,30)31)25(34)32-22-15-18(7-13-21(22)28)8-14-23(33)35-26(4,5)6/h7,9-11,13,15-17,20,24H,8,12,14H2,1-6H3,(H,32,34)/t17-,20?,24+/m1/s1. The molecule has 0 heterocycles. The van der Waals surface area contributed by atoms with Crippen LogP contribution in [0.2, 0.25) is 5.02 Å². The number of amides is 1. The van der Waals surface area contributed by atoms with Crippen LogP contribution in [0.3, 0.4) is 0 Å². The molecule has 4 nitrogen and oxygen atoms in total. The Balaban J connectivity index is 2.21. The van der Waals surface area contributed by atoms with E-state index in [9.17, 15) is 22.8 Å². The molecule has 1 aromatic carbocycles. The van der Waals surface area contributed by atoms with Gasteiger partial charge in [-0.2, -0.15) is 13.2 Å². The maximum absolute atomic E-state index is 13.7. The van der Waals surface area contributed by atoms with E-state index in [2.05, 4.69) is 5.32 Å². The van der Waals surface area contributed by atoms with Crippen molar-refractivity contribution in [3.8, 4) is 0 Å². The minimum atomic E-state index is -4.53. The summed E-state index contributed by atoms with van der Waals surface area (Å²) in [5.74, 6) is -4.62. The number of carbonyl (C=O) groups excluding carboxylic acids is 2. The first-order chi connectivity index (χ1) is 16.1. The zero-order chi connectivity index (χ0) is 26.6. The smallest absolute Gasteiger partial charge is 0.392 e. The quantitative estimate of drug-likeness (QED) is 0.365. The lowest BCUT2D eigenvalue weighted by Gasteiger charge is -2.32. The molecule has 0 saturated carbocycles. The SMILES string of the molecule is CC(C)C1=CCC([C@@H](C(=O)Nc2cc(CCC(=O)OC(C)(C)C)ccc2Cl)[C@@H](C)C(F)(F)F)C=C1. The molecule has 0 saturated heterocycles. The number of aryl methyl sites for hydroxylation is 1. The molecule has 1 aliphatic carbocycles. The molecule has 2 rings (SSSR count). The number of hydrogen-bond acceptors (Lipinski definition) is 3. The van der Waals surface area contributed by atoms with Crippen LogP contribution < -0.4 is 5.32 Å². The van der Waals surface area contributed by atoms with Gasteiger partial charge in [0.15, 0.2) is 0 Å². The van der Waals surface area contributed by atoms with E-state index in [4.69, 9.17) is 16.3 Å². The Morgan fingerprint density at radius 1 is 1.17 bits per heavy atom. The molecular weight excluding hydrogens is 479 g/mol. The van der Waals surface area contributed by atoms with Gasteiger partial charge in [0.25, 0.3) is 0 Å². The third kappa shape index (κ3) is 8.71. The van der Waals surface area contributed by atoms with Crippen LogP contribution in [0.25, 0.3) is 0 Å². The summed E-state index contributed by atoms with van der Waals surface area (Å²) in [6, 6.07) is 4.86. The van der Waals surface area contributed by atoms with Crippen molar-refractivity contribution in [3.63, 3.8) is 0 Å². The second-order valence-electron chi connectivity index (χ2n) is 10.4. The van der Waals surface area contributed by atoms with Gasteiger partial charge in [-0.1, -0.05) is 56.7 Å². The van der Waals surface area contributed by atoms with E-state index in [1.165, 1.54) is 0 Å². The van der Waals surface area contributed by atoms with Gasteiger partial charge < -0.3 is 10.1 Å². The summed E-state index contributed by atoms with van der Waals surface area (Å²) in [6.45, 7) is 10.4. The summed E-state index contributed by atoms with van der Waals surface area (Å²) in [6.07, 6.45) is 1.71. The van der Waals surface area contributed by atoms with E-state index < -0.39 is 35.4 Å². The average molecular weight is 514 g/mol. The Morgan fingerprint density at radius 2 is 1.83 bits per heavy atom. The molecule has 1 N–H and O–H groups in total. The first-order valence-corrected chi connectivity index (χ1v) is 12.2. The summed E-state index contributed by atoms with van der Waals surface area (Å²) in [4.78, 5) is 25.2.